The molecule has 0 saturated carbocycles. The summed E-state index contributed by atoms with van der Waals surface area (Å²) >= 11 is 0. The zero-order valence-corrected chi connectivity index (χ0v) is 13.7. The normalized spacial score (nSPS) is 12.6. The first kappa shape index (κ1) is 21.2. The Balaban J connectivity index is 0. The van der Waals surface area contributed by atoms with Crippen LogP contribution in [0.25, 0.3) is 0 Å². The molecule has 0 radical (unpaired) electrons. The summed E-state index contributed by atoms with van der Waals surface area (Å²) in [5.41, 5.74) is 0. The highest BCUT2D eigenvalue weighted by Crippen LogP contribution is 2.08. The minimum Gasteiger partial charge on any atom is -0.450 e. The second kappa shape index (κ2) is 14.3. The number of rotatable bonds is 7. The van der Waals surface area contributed by atoms with Crippen LogP contribution in [0.5, 0.6) is 0 Å². The number of halogens is 1. The Morgan fingerprint density at radius 3 is 2.20 bits per heavy atom. The van der Waals surface area contributed by atoms with Gasteiger partial charge in [-0.2, -0.15) is 0 Å². The molecule has 120 valence electrons. The Kier molecular flexibility index (Phi) is 15.2. The fourth-order valence-electron chi connectivity index (χ4n) is 1.83. The number of nitrogens with zero attached hydrogens (tertiary/aromatic N) is 2. The Labute approximate surface area is 129 Å². The molecule has 0 atom stereocenters. The molecule has 0 spiro atoms. The maximum Gasteiger partial charge on any atom is 0.505 e. The number of carbonyl (C=O) groups is 1. The average molecular weight is 309 g/mol. The van der Waals surface area contributed by atoms with Crippen LogP contribution in [0.1, 0.15) is 45.4 Å². The van der Waals surface area contributed by atoms with E-state index in [1.54, 1.807) is 0 Å². The topological polar surface area (TPSA) is 53.0 Å². The van der Waals surface area contributed by atoms with Gasteiger partial charge in [0.15, 0.2) is 0 Å². The molecular weight excluding hydrogens is 280 g/mol. The van der Waals surface area contributed by atoms with Crippen LogP contribution in [0.3, 0.4) is 0 Å². The van der Waals surface area contributed by atoms with Crippen LogP contribution in [-0.4, -0.2) is 48.4 Å². The van der Waals surface area contributed by atoms with Crippen LogP contribution >= 0.6 is 12.4 Å². The van der Waals surface area contributed by atoms with Crippen molar-refractivity contribution >= 4 is 18.6 Å². The van der Waals surface area contributed by atoms with E-state index in [1.807, 2.05) is 0 Å². The molecule has 0 aromatic heterocycles. The Hall–Kier alpha value is -1.10. The molecule has 5 nitrogen and oxygen atoms in total. The molecule has 0 saturated heterocycles. The molecule has 6 heteroatoms. The second-order valence-corrected chi connectivity index (χ2v) is 4.75. The van der Waals surface area contributed by atoms with Crippen LogP contribution in [0, 0.1) is 0 Å². The molecule has 1 aliphatic rings. The van der Waals surface area contributed by atoms with Crippen molar-refractivity contribution in [3.63, 3.8) is 0 Å². The lowest BCUT2D eigenvalue weighted by Gasteiger charge is -2.17. The predicted molar refractivity (Wildman–Crippen MR) is 84.1 cm³/mol. The lowest BCUT2D eigenvalue weighted by atomic mass is 10.1. The number of methoxy groups -OCH3 is 1. The lowest BCUT2D eigenvalue weighted by Crippen LogP contribution is -2.23. The van der Waals surface area contributed by atoms with Crippen LogP contribution in [0.15, 0.2) is 12.4 Å². The van der Waals surface area contributed by atoms with Gasteiger partial charge in [-0.25, -0.2) is 4.79 Å². The zero-order valence-electron chi connectivity index (χ0n) is 12.9. The zero-order chi connectivity index (χ0) is 14.5. The third-order valence-electron chi connectivity index (χ3n) is 2.91. The highest BCUT2D eigenvalue weighted by atomic mass is 35.5. The Bertz CT molecular complexity index is 263. The van der Waals surface area contributed by atoms with Gasteiger partial charge < -0.3 is 19.6 Å². The third kappa shape index (κ3) is 13.3. The highest BCUT2D eigenvalue weighted by Gasteiger charge is 2.06. The minimum atomic E-state index is -1.25. The van der Waals surface area contributed by atoms with Gasteiger partial charge in [0.25, 0.3) is 0 Å². The standard InChI is InChI=1S/C12H24N2.C2H4O3.ClH/c1-3-4-5-6-7-8-9-14-11-10-13(2)12-14;1-5-2(3)4;/h10-11H,3-9,12H2,1-2H3;1H3,(H,3,4);1H. The molecule has 0 amide bonds. The van der Waals surface area contributed by atoms with Crippen LogP contribution < -0.4 is 0 Å². The SMILES string of the molecule is CCCCCCCCN1C=CN(C)C1.COC(=O)O.Cl. The molecule has 1 rings (SSSR count). The van der Waals surface area contributed by atoms with Crippen molar-refractivity contribution in [2.24, 2.45) is 0 Å². The van der Waals surface area contributed by atoms with Gasteiger partial charge in [0.05, 0.1) is 13.8 Å². The quantitative estimate of drug-likeness (QED) is 0.573. The van der Waals surface area contributed by atoms with Crippen molar-refractivity contribution in [1.82, 2.24) is 9.80 Å². The fourth-order valence-corrected chi connectivity index (χ4v) is 1.83. The molecule has 1 heterocycles. The average Bonchev–Trinajstić information content (AvgIpc) is 2.80. The summed E-state index contributed by atoms with van der Waals surface area (Å²) in [4.78, 5) is 13.8. The van der Waals surface area contributed by atoms with Crippen molar-refractivity contribution in [2.75, 3.05) is 27.4 Å². The van der Waals surface area contributed by atoms with Gasteiger partial charge in [-0.05, 0) is 6.42 Å². The number of hydrogen-bond donors (Lipinski definition) is 1. The number of ether oxygens (including phenoxy) is 1. The molecule has 0 unspecified atom stereocenters. The van der Waals surface area contributed by atoms with E-state index in [2.05, 4.69) is 40.9 Å². The predicted octanol–water partition coefficient (Wildman–Crippen LogP) is 3.76. The van der Waals surface area contributed by atoms with Gasteiger partial charge in [0.2, 0.25) is 0 Å². The van der Waals surface area contributed by atoms with Crippen molar-refractivity contribution in [1.29, 1.82) is 0 Å². The van der Waals surface area contributed by atoms with E-state index >= 15 is 0 Å². The number of hydrogen-bond acceptors (Lipinski definition) is 4. The molecule has 1 N–H and O–H groups in total. The maximum atomic E-state index is 9.15. The maximum absolute atomic E-state index is 9.15. The number of unbranched alkanes of at least 4 members (excludes halogenated alkanes) is 5. The monoisotopic (exact) mass is 308 g/mol. The van der Waals surface area contributed by atoms with Gasteiger partial charge in [-0.15, -0.1) is 12.4 Å². The highest BCUT2D eigenvalue weighted by molar-refractivity contribution is 5.85. The van der Waals surface area contributed by atoms with Gasteiger partial charge in [0, 0.05) is 26.0 Å². The van der Waals surface area contributed by atoms with Crippen molar-refractivity contribution in [3.8, 4) is 0 Å². The molecule has 0 aromatic rings. The first-order valence-corrected chi connectivity index (χ1v) is 6.99. The summed E-state index contributed by atoms with van der Waals surface area (Å²) in [5, 5.41) is 7.50. The van der Waals surface area contributed by atoms with E-state index in [0.717, 1.165) is 13.8 Å². The molecule has 0 aromatic carbocycles. The summed E-state index contributed by atoms with van der Waals surface area (Å²) in [6.07, 6.45) is 11.4. The van der Waals surface area contributed by atoms with Crippen LogP contribution in [-0.2, 0) is 4.74 Å². The van der Waals surface area contributed by atoms with E-state index in [4.69, 9.17) is 9.90 Å². The van der Waals surface area contributed by atoms with Crippen LogP contribution in [0.2, 0.25) is 0 Å². The summed E-state index contributed by atoms with van der Waals surface area (Å²) < 4.78 is 3.67. The fraction of sp³-hybridized carbons (Fsp3) is 0.786. The summed E-state index contributed by atoms with van der Waals surface area (Å²) in [7, 11) is 3.22. The molecule has 0 fully saturated rings. The van der Waals surface area contributed by atoms with E-state index in [-0.39, 0.29) is 12.4 Å². The van der Waals surface area contributed by atoms with Gasteiger partial charge >= 0.3 is 6.16 Å². The van der Waals surface area contributed by atoms with E-state index in [0.29, 0.717) is 0 Å². The summed E-state index contributed by atoms with van der Waals surface area (Å²) in [6, 6.07) is 0. The van der Waals surface area contributed by atoms with Gasteiger partial charge in [0.1, 0.15) is 0 Å². The smallest absolute Gasteiger partial charge is 0.450 e. The van der Waals surface area contributed by atoms with Crippen molar-refractivity contribution < 1.29 is 14.6 Å². The first-order valence-electron chi connectivity index (χ1n) is 6.99. The second-order valence-electron chi connectivity index (χ2n) is 4.75. The minimum absolute atomic E-state index is 0. The number of carboxylic acid groups (broad SMARTS) is 1. The van der Waals surface area contributed by atoms with Gasteiger partial charge in [-0.3, -0.25) is 0 Å². The molecular formula is C14H29ClN2O3. The van der Waals surface area contributed by atoms with E-state index < -0.39 is 6.16 Å². The first-order chi connectivity index (χ1) is 9.10. The Morgan fingerprint density at radius 2 is 1.75 bits per heavy atom. The van der Waals surface area contributed by atoms with E-state index in [9.17, 15) is 0 Å². The molecule has 0 bridgehead atoms. The molecule has 0 aliphatic carbocycles. The largest absolute Gasteiger partial charge is 0.505 e. The lowest BCUT2D eigenvalue weighted by molar-refractivity contribution is 0.114. The Morgan fingerprint density at radius 1 is 1.20 bits per heavy atom. The molecule has 20 heavy (non-hydrogen) atoms. The summed E-state index contributed by atoms with van der Waals surface area (Å²) in [5.74, 6) is 0. The van der Waals surface area contributed by atoms with Gasteiger partial charge in [-0.1, -0.05) is 39.0 Å². The van der Waals surface area contributed by atoms with Crippen LogP contribution in [0.4, 0.5) is 4.79 Å². The van der Waals surface area contributed by atoms with Crippen molar-refractivity contribution in [2.45, 2.75) is 45.4 Å². The summed E-state index contributed by atoms with van der Waals surface area (Å²) in [6.45, 7) is 4.58. The van der Waals surface area contributed by atoms with Crippen molar-refractivity contribution in [3.05, 3.63) is 12.4 Å². The van der Waals surface area contributed by atoms with E-state index in [1.165, 1.54) is 45.1 Å². The third-order valence-corrected chi connectivity index (χ3v) is 2.91. The molecule has 1 aliphatic heterocycles.